The zero-order valence-corrected chi connectivity index (χ0v) is 15.4. The van der Waals surface area contributed by atoms with Crippen LogP contribution in [0, 0.1) is 5.82 Å². The molecule has 4 aromatic rings. The van der Waals surface area contributed by atoms with E-state index in [9.17, 15) is 9.18 Å². The third-order valence-corrected chi connectivity index (χ3v) is 5.28. The number of pyridine rings is 1. The van der Waals surface area contributed by atoms with Gasteiger partial charge in [0.05, 0.1) is 11.3 Å². The number of halogens is 1. The summed E-state index contributed by atoms with van der Waals surface area (Å²) in [4.78, 5) is 21.6. The molecule has 1 saturated heterocycles. The maximum atomic E-state index is 13.4. The summed E-state index contributed by atoms with van der Waals surface area (Å²) in [6.07, 6.45) is 2.96. The van der Waals surface area contributed by atoms with Gasteiger partial charge in [-0.15, -0.1) is 0 Å². The maximum Gasteiger partial charge on any atom is 0.345 e. The van der Waals surface area contributed by atoms with Crippen LogP contribution in [0.1, 0.15) is 0 Å². The fraction of sp³-hybridized carbons (Fsp3) is 0.238. The molecule has 1 aliphatic rings. The normalized spacial score (nSPS) is 15.6. The second-order valence-corrected chi connectivity index (χ2v) is 7.20. The summed E-state index contributed by atoms with van der Waals surface area (Å²) in [6, 6.07) is 10.6. The number of piperazine rings is 1. The van der Waals surface area contributed by atoms with Crippen LogP contribution < -0.4 is 10.5 Å². The largest absolute Gasteiger partial charge is 0.422 e. The van der Waals surface area contributed by atoms with Gasteiger partial charge in [0.1, 0.15) is 17.0 Å². The summed E-state index contributed by atoms with van der Waals surface area (Å²) in [7, 11) is 2.12. The molecule has 1 aromatic carbocycles. The Morgan fingerprint density at radius 3 is 2.68 bits per heavy atom. The van der Waals surface area contributed by atoms with Crippen molar-refractivity contribution in [1.82, 2.24) is 14.3 Å². The number of likely N-dealkylation sites (N-methyl/N-ethyl adjacent to an activating group) is 1. The van der Waals surface area contributed by atoms with Crippen LogP contribution in [0.25, 0.3) is 27.9 Å². The third kappa shape index (κ3) is 2.93. The average Bonchev–Trinajstić information content (AvgIpc) is 3.10. The minimum Gasteiger partial charge on any atom is -0.422 e. The van der Waals surface area contributed by atoms with Crippen molar-refractivity contribution in [2.24, 2.45) is 0 Å². The Labute approximate surface area is 160 Å². The number of fused-ring (bicyclic) bond motifs is 2. The molecule has 7 heteroatoms. The zero-order valence-electron chi connectivity index (χ0n) is 15.4. The molecule has 142 valence electrons. The molecule has 28 heavy (non-hydrogen) atoms. The van der Waals surface area contributed by atoms with Gasteiger partial charge < -0.3 is 18.6 Å². The summed E-state index contributed by atoms with van der Waals surface area (Å²) in [5.74, 6) is -0.363. The molecule has 0 radical (unpaired) electrons. The minimum atomic E-state index is -0.452. The summed E-state index contributed by atoms with van der Waals surface area (Å²) >= 11 is 0. The first kappa shape index (κ1) is 16.9. The molecule has 0 bridgehead atoms. The first-order valence-corrected chi connectivity index (χ1v) is 9.23. The van der Waals surface area contributed by atoms with Crippen molar-refractivity contribution in [1.29, 1.82) is 0 Å². The molecule has 0 atom stereocenters. The molecule has 3 aromatic heterocycles. The second-order valence-electron chi connectivity index (χ2n) is 7.20. The molecular formula is C21H19FN4O2. The lowest BCUT2D eigenvalue weighted by Crippen LogP contribution is -2.44. The summed E-state index contributed by atoms with van der Waals surface area (Å²) < 4.78 is 20.6. The molecule has 1 fully saturated rings. The van der Waals surface area contributed by atoms with Crippen LogP contribution in [0.4, 0.5) is 10.1 Å². The predicted molar refractivity (Wildman–Crippen MR) is 106 cm³/mol. The van der Waals surface area contributed by atoms with Gasteiger partial charge in [-0.25, -0.2) is 14.2 Å². The monoisotopic (exact) mass is 378 g/mol. The van der Waals surface area contributed by atoms with Gasteiger partial charge in [0, 0.05) is 55.7 Å². The van der Waals surface area contributed by atoms with E-state index in [1.807, 2.05) is 12.1 Å². The van der Waals surface area contributed by atoms with Crippen molar-refractivity contribution < 1.29 is 8.81 Å². The fourth-order valence-corrected chi connectivity index (χ4v) is 3.63. The van der Waals surface area contributed by atoms with E-state index in [4.69, 9.17) is 4.42 Å². The van der Waals surface area contributed by atoms with Gasteiger partial charge >= 0.3 is 5.63 Å². The molecule has 4 heterocycles. The van der Waals surface area contributed by atoms with E-state index in [1.165, 1.54) is 12.3 Å². The standard InChI is InChI=1S/C21H19FN4O2/c1-24-6-8-25(9-7-24)16-4-2-14-10-17(21(27)28-19(14)11-16)18-13-26-12-15(22)3-5-20(26)23-18/h2-5,10-13H,6-9H2,1H3. The number of aromatic nitrogens is 2. The van der Waals surface area contributed by atoms with E-state index in [0.29, 0.717) is 22.5 Å². The van der Waals surface area contributed by atoms with E-state index in [2.05, 4.69) is 27.9 Å². The van der Waals surface area contributed by atoms with Gasteiger partial charge in [-0.1, -0.05) is 0 Å². The topological polar surface area (TPSA) is 54.0 Å². The van der Waals surface area contributed by atoms with Crippen LogP contribution in [0.5, 0.6) is 0 Å². The molecule has 1 aliphatic heterocycles. The Morgan fingerprint density at radius 2 is 1.86 bits per heavy atom. The maximum absolute atomic E-state index is 13.4. The number of nitrogens with zero attached hydrogens (tertiary/aromatic N) is 4. The number of imidazole rings is 1. The van der Waals surface area contributed by atoms with E-state index in [-0.39, 0.29) is 5.82 Å². The molecular weight excluding hydrogens is 359 g/mol. The molecule has 0 spiro atoms. The van der Waals surface area contributed by atoms with Gasteiger partial charge in [0.15, 0.2) is 0 Å². The Hall–Kier alpha value is -3.19. The summed E-state index contributed by atoms with van der Waals surface area (Å²) in [5, 5.41) is 0.829. The van der Waals surface area contributed by atoms with Crippen LogP contribution in [-0.2, 0) is 0 Å². The van der Waals surface area contributed by atoms with Crippen molar-refractivity contribution in [3.8, 4) is 11.3 Å². The Bertz CT molecular complexity index is 1240. The third-order valence-electron chi connectivity index (χ3n) is 5.28. The SMILES string of the molecule is CN1CCN(c2ccc3cc(-c4cn5cc(F)ccc5n4)c(=O)oc3c2)CC1. The van der Waals surface area contributed by atoms with Crippen LogP contribution >= 0.6 is 0 Å². The molecule has 0 amide bonds. The lowest BCUT2D eigenvalue weighted by Gasteiger charge is -2.34. The van der Waals surface area contributed by atoms with Gasteiger partial charge in [-0.3, -0.25) is 0 Å². The minimum absolute atomic E-state index is 0.363. The zero-order chi connectivity index (χ0) is 19.3. The van der Waals surface area contributed by atoms with Gasteiger partial charge in [-0.05, 0) is 37.4 Å². The molecule has 0 saturated carbocycles. The Morgan fingerprint density at radius 1 is 1.04 bits per heavy atom. The van der Waals surface area contributed by atoms with Crippen molar-refractivity contribution in [2.45, 2.75) is 0 Å². The smallest absolute Gasteiger partial charge is 0.345 e. The number of hydrogen-bond acceptors (Lipinski definition) is 5. The second kappa shape index (κ2) is 6.45. The first-order valence-electron chi connectivity index (χ1n) is 9.23. The fourth-order valence-electron chi connectivity index (χ4n) is 3.63. The van der Waals surface area contributed by atoms with Gasteiger partial charge in [0.25, 0.3) is 0 Å². The van der Waals surface area contributed by atoms with Crippen LogP contribution in [0.2, 0.25) is 0 Å². The molecule has 5 rings (SSSR count). The Kier molecular flexibility index (Phi) is 3.91. The van der Waals surface area contributed by atoms with Crippen molar-refractivity contribution in [3.63, 3.8) is 0 Å². The summed E-state index contributed by atoms with van der Waals surface area (Å²) in [6.45, 7) is 3.91. The van der Waals surface area contributed by atoms with E-state index < -0.39 is 5.63 Å². The average molecular weight is 378 g/mol. The summed E-state index contributed by atoms with van der Waals surface area (Å²) in [5.41, 5.74) is 2.56. The highest BCUT2D eigenvalue weighted by Crippen LogP contribution is 2.25. The predicted octanol–water partition coefficient (Wildman–Crippen LogP) is 3.00. The van der Waals surface area contributed by atoms with Crippen molar-refractivity contribution in [2.75, 3.05) is 38.1 Å². The number of benzene rings is 1. The Balaban J connectivity index is 1.55. The number of hydrogen-bond donors (Lipinski definition) is 0. The van der Waals surface area contributed by atoms with Crippen molar-refractivity contribution in [3.05, 3.63) is 65.0 Å². The molecule has 0 unspecified atom stereocenters. The highest BCUT2D eigenvalue weighted by Gasteiger charge is 2.16. The lowest BCUT2D eigenvalue weighted by molar-refractivity contribution is 0.313. The van der Waals surface area contributed by atoms with E-state index in [1.54, 1.807) is 22.7 Å². The lowest BCUT2D eigenvalue weighted by atomic mass is 10.1. The first-order chi connectivity index (χ1) is 13.6. The van der Waals surface area contributed by atoms with Gasteiger partial charge in [-0.2, -0.15) is 0 Å². The van der Waals surface area contributed by atoms with E-state index in [0.717, 1.165) is 37.3 Å². The molecule has 6 nitrogen and oxygen atoms in total. The van der Waals surface area contributed by atoms with Crippen molar-refractivity contribution >= 4 is 22.3 Å². The molecule has 0 N–H and O–H groups in total. The van der Waals surface area contributed by atoms with Crippen LogP contribution in [0.3, 0.4) is 0 Å². The van der Waals surface area contributed by atoms with E-state index >= 15 is 0 Å². The molecule has 0 aliphatic carbocycles. The number of anilines is 1. The van der Waals surface area contributed by atoms with Crippen LogP contribution in [0.15, 0.2) is 58.0 Å². The number of rotatable bonds is 2. The van der Waals surface area contributed by atoms with Gasteiger partial charge in [0.2, 0.25) is 0 Å². The highest BCUT2D eigenvalue weighted by atomic mass is 19.1. The quantitative estimate of drug-likeness (QED) is 0.502. The highest BCUT2D eigenvalue weighted by molar-refractivity contribution is 5.84. The van der Waals surface area contributed by atoms with Crippen LogP contribution in [-0.4, -0.2) is 47.5 Å².